The van der Waals surface area contributed by atoms with Crippen molar-refractivity contribution in [3.8, 4) is 0 Å². The molecule has 0 radical (unpaired) electrons. The Kier molecular flexibility index (Phi) is 9.55. The lowest BCUT2D eigenvalue weighted by Crippen LogP contribution is -2.62. The van der Waals surface area contributed by atoms with Gasteiger partial charge in [0.2, 0.25) is 5.91 Å². The monoisotopic (exact) mass is 655 g/mol. The molecule has 2 bridgehead atoms. The summed E-state index contributed by atoms with van der Waals surface area (Å²) in [5.74, 6) is 2.41. The molecule has 6 aliphatic rings. The topological polar surface area (TPSA) is 113 Å². The summed E-state index contributed by atoms with van der Waals surface area (Å²) in [6, 6.07) is 0. The average Bonchev–Trinajstić information content (AvgIpc) is 3.57. The van der Waals surface area contributed by atoms with Crippen LogP contribution in [0.4, 0.5) is 0 Å². The lowest BCUT2D eigenvalue weighted by Gasteiger charge is -2.63. The van der Waals surface area contributed by atoms with Gasteiger partial charge in [-0.05, 0) is 135 Å². The van der Waals surface area contributed by atoms with Gasteiger partial charge in [-0.1, -0.05) is 48.5 Å². The first-order valence-corrected chi connectivity index (χ1v) is 19.5. The van der Waals surface area contributed by atoms with Crippen molar-refractivity contribution in [2.24, 2.45) is 69.0 Å². The number of rotatable bonds is 10. The van der Waals surface area contributed by atoms with Crippen molar-refractivity contribution < 1.29 is 29.3 Å². The number of amides is 1. The van der Waals surface area contributed by atoms with E-state index < -0.39 is 12.2 Å². The number of aliphatic hydroxyl groups excluding tert-OH is 2. The van der Waals surface area contributed by atoms with Crippen LogP contribution in [0, 0.1) is 69.0 Å². The van der Waals surface area contributed by atoms with E-state index in [-0.39, 0.29) is 63.3 Å². The highest BCUT2D eigenvalue weighted by Gasteiger charge is 2.66. The molecule has 3 N–H and O–H groups in total. The predicted molar refractivity (Wildman–Crippen MR) is 182 cm³/mol. The van der Waals surface area contributed by atoms with Crippen LogP contribution in [0.3, 0.4) is 0 Å². The van der Waals surface area contributed by atoms with E-state index in [0.717, 1.165) is 77.0 Å². The molecule has 7 nitrogen and oxygen atoms in total. The van der Waals surface area contributed by atoms with Crippen LogP contribution in [0.1, 0.15) is 138 Å². The van der Waals surface area contributed by atoms with Gasteiger partial charge in [0, 0.05) is 24.8 Å². The Bertz CT molecular complexity index is 1220. The summed E-state index contributed by atoms with van der Waals surface area (Å²) < 4.78 is 5.95. The van der Waals surface area contributed by atoms with Crippen LogP contribution in [0.5, 0.6) is 0 Å². The summed E-state index contributed by atoms with van der Waals surface area (Å²) in [6.45, 7) is 16.0. The van der Waals surface area contributed by atoms with Crippen LogP contribution in [0.15, 0.2) is 0 Å². The highest BCUT2D eigenvalue weighted by Crippen LogP contribution is 2.69. The maximum absolute atomic E-state index is 13.0. The van der Waals surface area contributed by atoms with Gasteiger partial charge in [-0.3, -0.25) is 14.4 Å². The molecule has 0 heterocycles. The smallest absolute Gasteiger partial charge is 0.308 e. The van der Waals surface area contributed by atoms with Crippen LogP contribution >= 0.6 is 0 Å². The number of hydrogen-bond donors (Lipinski definition) is 3. The van der Waals surface area contributed by atoms with Gasteiger partial charge in [-0.2, -0.15) is 0 Å². The molecule has 0 aliphatic heterocycles. The number of aliphatic hydroxyl groups is 2. The Morgan fingerprint density at radius 3 is 2.36 bits per heavy atom. The van der Waals surface area contributed by atoms with Crippen molar-refractivity contribution in [1.29, 1.82) is 0 Å². The van der Waals surface area contributed by atoms with Crippen LogP contribution in [-0.4, -0.2) is 52.7 Å². The average molecular weight is 656 g/mol. The second-order valence-electron chi connectivity index (χ2n) is 18.5. The van der Waals surface area contributed by atoms with Gasteiger partial charge in [0.1, 0.15) is 11.9 Å². The van der Waals surface area contributed by atoms with E-state index in [4.69, 9.17) is 4.74 Å². The normalized spacial score (nSPS) is 46.2. The molecule has 6 rings (SSSR count). The summed E-state index contributed by atoms with van der Waals surface area (Å²) in [4.78, 5) is 38.5. The molecule has 0 aromatic heterocycles. The standard InChI is InChI=1S/C40H65NO6/c1-8-23(2)36(46)47-27-14-15-38(6)26(19-27)20-31(42)35-29-11-10-28(39(29,7)32(43)22-30(35)38)24(3)9-12-34(45)41-18-17-40-16-13-25(21-33(40)44)37(40,4)5/h23-32,35,42-43H,8-22H2,1-7H3,(H,41,45)/t23?,24?,25?,26?,27-,28?,29?,30?,31+,32-,35?,38-,39+,40?/m0/s1. The molecule has 0 spiro atoms. The molecule has 6 aliphatic carbocycles. The maximum atomic E-state index is 13.0. The minimum Gasteiger partial charge on any atom is -0.462 e. The SMILES string of the molecule is CCC(C)C(=O)O[C@H]1CC[C@@]2(C)C(C1)C[C@@H](O)C1C2C[C@H](O)[C@]2(C)C(C(C)CCC(=O)NCCC34CCC(CC3=O)C4(C)C)CCC12. The number of fused-ring (bicyclic) bond motifs is 7. The second-order valence-corrected chi connectivity index (χ2v) is 18.5. The first-order valence-electron chi connectivity index (χ1n) is 19.5. The minimum absolute atomic E-state index is 0.0309. The lowest BCUT2D eigenvalue weighted by atomic mass is 9.43. The first kappa shape index (κ1) is 35.4. The Morgan fingerprint density at radius 1 is 0.957 bits per heavy atom. The van der Waals surface area contributed by atoms with Crippen LogP contribution in [0.25, 0.3) is 0 Å². The van der Waals surface area contributed by atoms with Gasteiger partial charge in [-0.15, -0.1) is 0 Å². The van der Waals surface area contributed by atoms with Gasteiger partial charge in [0.05, 0.1) is 18.1 Å². The largest absolute Gasteiger partial charge is 0.462 e. The number of hydrogen-bond acceptors (Lipinski definition) is 6. The van der Waals surface area contributed by atoms with Crippen molar-refractivity contribution in [3.63, 3.8) is 0 Å². The molecular weight excluding hydrogens is 590 g/mol. The number of Topliss-reactive ketones (excluding diaryl/α,β-unsaturated/α-hetero) is 1. The highest BCUT2D eigenvalue weighted by molar-refractivity contribution is 5.89. The zero-order chi connectivity index (χ0) is 34.1. The molecule has 9 unspecified atom stereocenters. The molecule has 1 amide bonds. The number of nitrogens with one attached hydrogen (secondary N) is 1. The van der Waals surface area contributed by atoms with E-state index in [9.17, 15) is 24.6 Å². The molecule has 47 heavy (non-hydrogen) atoms. The zero-order valence-electron chi connectivity index (χ0n) is 30.5. The summed E-state index contributed by atoms with van der Waals surface area (Å²) in [5, 5.41) is 26.9. The quantitative estimate of drug-likeness (QED) is 0.222. The van der Waals surface area contributed by atoms with E-state index in [0.29, 0.717) is 48.8 Å². The van der Waals surface area contributed by atoms with Gasteiger partial charge in [0.25, 0.3) is 0 Å². The van der Waals surface area contributed by atoms with E-state index in [2.05, 4.69) is 39.9 Å². The fraction of sp³-hybridized carbons (Fsp3) is 0.925. The van der Waals surface area contributed by atoms with Crippen molar-refractivity contribution in [1.82, 2.24) is 5.32 Å². The second kappa shape index (κ2) is 12.7. The van der Waals surface area contributed by atoms with E-state index in [1.54, 1.807) is 0 Å². The van der Waals surface area contributed by atoms with Crippen molar-refractivity contribution in [2.45, 2.75) is 157 Å². The summed E-state index contributed by atoms with van der Waals surface area (Å²) in [7, 11) is 0. The van der Waals surface area contributed by atoms with Crippen molar-refractivity contribution in [3.05, 3.63) is 0 Å². The van der Waals surface area contributed by atoms with Gasteiger partial charge in [0.15, 0.2) is 0 Å². The summed E-state index contributed by atoms with van der Waals surface area (Å²) in [5.41, 5.74) is -0.467. The fourth-order valence-corrected chi connectivity index (χ4v) is 13.1. The van der Waals surface area contributed by atoms with Gasteiger partial charge < -0.3 is 20.3 Å². The number of carbonyl (C=O) groups is 3. The molecule has 14 atom stereocenters. The molecule has 7 heteroatoms. The number of carbonyl (C=O) groups excluding carboxylic acids is 3. The van der Waals surface area contributed by atoms with Crippen LogP contribution < -0.4 is 5.32 Å². The Labute approximate surface area is 284 Å². The van der Waals surface area contributed by atoms with E-state index in [1.165, 1.54) is 0 Å². The number of esters is 1. The van der Waals surface area contributed by atoms with Gasteiger partial charge >= 0.3 is 5.97 Å². The highest BCUT2D eigenvalue weighted by atomic mass is 16.5. The molecule has 0 aromatic rings. The molecule has 0 saturated heterocycles. The van der Waals surface area contributed by atoms with Crippen LogP contribution in [0.2, 0.25) is 0 Å². The number of ketones is 1. The zero-order valence-corrected chi connectivity index (χ0v) is 30.5. The third kappa shape index (κ3) is 5.54. The molecule has 266 valence electrons. The van der Waals surface area contributed by atoms with Crippen LogP contribution in [-0.2, 0) is 19.1 Å². The lowest BCUT2D eigenvalue weighted by molar-refractivity contribution is -0.210. The van der Waals surface area contributed by atoms with Crippen molar-refractivity contribution in [2.75, 3.05) is 6.54 Å². The molecule has 0 aromatic carbocycles. The first-order chi connectivity index (χ1) is 22.1. The Balaban J connectivity index is 1.05. The summed E-state index contributed by atoms with van der Waals surface area (Å²) in [6.07, 6.45) is 10.9. The van der Waals surface area contributed by atoms with E-state index >= 15 is 0 Å². The van der Waals surface area contributed by atoms with Crippen molar-refractivity contribution >= 4 is 17.7 Å². The summed E-state index contributed by atoms with van der Waals surface area (Å²) >= 11 is 0. The third-order valence-electron chi connectivity index (χ3n) is 16.6. The molecule has 6 fully saturated rings. The maximum Gasteiger partial charge on any atom is 0.308 e. The number of ether oxygens (including phenoxy) is 1. The molecular formula is C40H65NO6. The molecule has 6 saturated carbocycles. The Morgan fingerprint density at radius 2 is 1.70 bits per heavy atom. The fourth-order valence-electron chi connectivity index (χ4n) is 13.1. The Hall–Kier alpha value is -1.47. The van der Waals surface area contributed by atoms with Gasteiger partial charge in [-0.25, -0.2) is 0 Å². The van der Waals surface area contributed by atoms with E-state index in [1.807, 2.05) is 13.8 Å². The predicted octanol–water partition coefficient (Wildman–Crippen LogP) is 6.86. The minimum atomic E-state index is -0.428. The third-order valence-corrected chi connectivity index (χ3v) is 16.6.